The number of para-hydroxylation sites is 2. The van der Waals surface area contributed by atoms with E-state index in [1.165, 1.54) is 5.56 Å². The van der Waals surface area contributed by atoms with E-state index >= 15 is 0 Å². The molecule has 3 rings (SSSR count). The zero-order valence-electron chi connectivity index (χ0n) is 11.8. The molecule has 0 heterocycles. The molecule has 0 aliphatic rings. The minimum Gasteiger partial charge on any atom is -0.277 e. The fourth-order valence-electron chi connectivity index (χ4n) is 2.25. The first-order valence-electron chi connectivity index (χ1n) is 7.11. The van der Waals surface area contributed by atoms with Gasteiger partial charge < -0.3 is 0 Å². The van der Waals surface area contributed by atoms with Gasteiger partial charge in [0.15, 0.2) is 0 Å². The van der Waals surface area contributed by atoms with E-state index in [-0.39, 0.29) is 0 Å². The Labute approximate surface area is 125 Å². The number of rotatable bonds is 5. The van der Waals surface area contributed by atoms with Crippen molar-refractivity contribution in [2.75, 3.05) is 5.01 Å². The molecule has 2 nitrogen and oxygen atoms in total. The van der Waals surface area contributed by atoms with Crippen LogP contribution in [0, 0.1) is 0 Å². The molecule has 0 atom stereocenters. The average Bonchev–Trinajstić information content (AvgIpc) is 2.58. The third-order valence-corrected chi connectivity index (χ3v) is 3.31. The molecule has 21 heavy (non-hydrogen) atoms. The minimum absolute atomic E-state index is 0.782. The fraction of sp³-hybridized carbons (Fsp3) is 0.0526. The second-order valence-electron chi connectivity index (χ2n) is 4.83. The molecule has 1 N–H and O–H groups in total. The summed E-state index contributed by atoms with van der Waals surface area (Å²) in [5, 5.41) is 2.12. The van der Waals surface area contributed by atoms with Gasteiger partial charge in [-0.25, -0.2) is 5.43 Å². The van der Waals surface area contributed by atoms with Crippen LogP contribution in [0.2, 0.25) is 0 Å². The van der Waals surface area contributed by atoms with Crippen LogP contribution in [0.3, 0.4) is 0 Å². The first-order chi connectivity index (χ1) is 10.4. The number of hydrogen-bond acceptors (Lipinski definition) is 2. The Morgan fingerprint density at radius 3 is 1.48 bits per heavy atom. The van der Waals surface area contributed by atoms with Crippen LogP contribution in [0.15, 0.2) is 91.0 Å². The summed E-state index contributed by atoms with van der Waals surface area (Å²) in [5.41, 5.74) is 7.01. The van der Waals surface area contributed by atoms with Gasteiger partial charge in [-0.2, -0.15) is 0 Å². The second kappa shape index (κ2) is 6.73. The Bertz CT molecular complexity index is 611. The van der Waals surface area contributed by atoms with Gasteiger partial charge in [0.25, 0.3) is 0 Å². The number of benzene rings is 3. The van der Waals surface area contributed by atoms with Crippen LogP contribution >= 0.6 is 0 Å². The van der Waals surface area contributed by atoms with Crippen molar-refractivity contribution >= 4 is 11.4 Å². The summed E-state index contributed by atoms with van der Waals surface area (Å²) in [6, 6.07) is 31.1. The van der Waals surface area contributed by atoms with Gasteiger partial charge in [-0.15, -0.1) is 0 Å². The van der Waals surface area contributed by atoms with Gasteiger partial charge in [0.2, 0.25) is 0 Å². The maximum absolute atomic E-state index is 3.50. The molecule has 104 valence electrons. The molecule has 0 aliphatic carbocycles. The maximum Gasteiger partial charge on any atom is 0.0577 e. The van der Waals surface area contributed by atoms with Gasteiger partial charge in [-0.05, 0) is 29.8 Å². The van der Waals surface area contributed by atoms with Crippen LogP contribution in [-0.4, -0.2) is 0 Å². The van der Waals surface area contributed by atoms with Crippen LogP contribution in [0.1, 0.15) is 5.56 Å². The lowest BCUT2D eigenvalue weighted by Gasteiger charge is -2.25. The molecule has 0 saturated heterocycles. The molecule has 2 heteroatoms. The Hall–Kier alpha value is -2.58. The molecular formula is C19H18N2. The topological polar surface area (TPSA) is 15.3 Å². The van der Waals surface area contributed by atoms with Crippen LogP contribution < -0.4 is 10.4 Å². The Morgan fingerprint density at radius 2 is 1.00 bits per heavy atom. The summed E-state index contributed by atoms with van der Waals surface area (Å²) in [7, 11) is 0. The molecule has 0 spiro atoms. The van der Waals surface area contributed by atoms with E-state index in [0.29, 0.717) is 0 Å². The first-order valence-corrected chi connectivity index (χ1v) is 7.11. The predicted molar refractivity (Wildman–Crippen MR) is 88.3 cm³/mol. The number of nitrogens with zero attached hydrogens (tertiary/aromatic N) is 1. The number of hydrogen-bond donors (Lipinski definition) is 1. The molecule has 0 amide bonds. The van der Waals surface area contributed by atoms with Crippen molar-refractivity contribution in [2.45, 2.75) is 6.54 Å². The van der Waals surface area contributed by atoms with Crippen molar-refractivity contribution in [3.63, 3.8) is 0 Å². The average molecular weight is 274 g/mol. The lowest BCUT2D eigenvalue weighted by atomic mass is 10.2. The molecule has 0 saturated carbocycles. The van der Waals surface area contributed by atoms with Crippen molar-refractivity contribution in [1.29, 1.82) is 0 Å². The van der Waals surface area contributed by atoms with Crippen molar-refractivity contribution in [3.8, 4) is 0 Å². The number of nitrogens with one attached hydrogen (secondary N) is 1. The van der Waals surface area contributed by atoms with Crippen LogP contribution in [-0.2, 0) is 6.54 Å². The molecule has 0 aliphatic heterocycles. The number of anilines is 2. The first kappa shape index (κ1) is 13.4. The van der Waals surface area contributed by atoms with Crippen molar-refractivity contribution in [2.24, 2.45) is 0 Å². The van der Waals surface area contributed by atoms with Crippen molar-refractivity contribution < 1.29 is 0 Å². The quantitative estimate of drug-likeness (QED) is 0.688. The highest BCUT2D eigenvalue weighted by Gasteiger charge is 2.07. The van der Waals surface area contributed by atoms with Gasteiger partial charge >= 0.3 is 0 Å². The van der Waals surface area contributed by atoms with Gasteiger partial charge in [-0.3, -0.25) is 5.01 Å². The smallest absolute Gasteiger partial charge is 0.0577 e. The van der Waals surface area contributed by atoms with E-state index in [9.17, 15) is 0 Å². The molecular weight excluding hydrogens is 256 g/mol. The zero-order chi connectivity index (χ0) is 14.3. The largest absolute Gasteiger partial charge is 0.277 e. The lowest BCUT2D eigenvalue weighted by Crippen LogP contribution is -2.33. The van der Waals surface area contributed by atoms with Crippen molar-refractivity contribution in [1.82, 2.24) is 5.43 Å². The van der Waals surface area contributed by atoms with E-state index in [1.54, 1.807) is 0 Å². The summed E-state index contributed by atoms with van der Waals surface area (Å²) >= 11 is 0. The molecule has 0 unspecified atom stereocenters. The van der Waals surface area contributed by atoms with E-state index in [2.05, 4.69) is 83.2 Å². The van der Waals surface area contributed by atoms with E-state index in [1.807, 2.05) is 18.2 Å². The Morgan fingerprint density at radius 1 is 0.571 bits per heavy atom. The summed E-state index contributed by atoms with van der Waals surface area (Å²) in [5.74, 6) is 0. The molecule has 0 radical (unpaired) electrons. The highest BCUT2D eigenvalue weighted by atomic mass is 15.5. The van der Waals surface area contributed by atoms with E-state index in [0.717, 1.165) is 17.9 Å². The van der Waals surface area contributed by atoms with Gasteiger partial charge in [0, 0.05) is 6.54 Å². The van der Waals surface area contributed by atoms with Crippen LogP contribution in [0.5, 0.6) is 0 Å². The number of hydrazine groups is 1. The normalized spacial score (nSPS) is 10.3. The minimum atomic E-state index is 0.782. The van der Waals surface area contributed by atoms with Gasteiger partial charge in [-0.1, -0.05) is 66.7 Å². The SMILES string of the molecule is c1ccc(CNN(c2ccccc2)c2ccccc2)cc1. The molecule has 3 aromatic rings. The Kier molecular flexibility index (Phi) is 4.30. The standard InChI is InChI=1S/C19H18N2/c1-4-10-17(11-5-1)16-20-21(18-12-6-2-7-13-18)19-14-8-3-9-15-19/h1-15,20H,16H2. The van der Waals surface area contributed by atoms with Crippen molar-refractivity contribution in [3.05, 3.63) is 96.6 Å². The highest BCUT2D eigenvalue weighted by molar-refractivity contribution is 5.61. The van der Waals surface area contributed by atoms with Crippen LogP contribution in [0.4, 0.5) is 11.4 Å². The highest BCUT2D eigenvalue weighted by Crippen LogP contribution is 2.22. The third kappa shape index (κ3) is 3.50. The summed E-state index contributed by atoms with van der Waals surface area (Å²) < 4.78 is 0. The third-order valence-electron chi connectivity index (χ3n) is 3.31. The molecule has 0 aromatic heterocycles. The van der Waals surface area contributed by atoms with Gasteiger partial charge in [0.05, 0.1) is 11.4 Å². The maximum atomic E-state index is 3.50. The lowest BCUT2D eigenvalue weighted by molar-refractivity contribution is 0.707. The second-order valence-corrected chi connectivity index (χ2v) is 4.83. The summed E-state index contributed by atoms with van der Waals surface area (Å²) in [4.78, 5) is 0. The van der Waals surface area contributed by atoms with Crippen LogP contribution in [0.25, 0.3) is 0 Å². The fourth-order valence-corrected chi connectivity index (χ4v) is 2.25. The summed E-state index contributed by atoms with van der Waals surface area (Å²) in [6.45, 7) is 0.782. The van der Waals surface area contributed by atoms with E-state index < -0.39 is 0 Å². The Balaban J connectivity index is 1.83. The summed E-state index contributed by atoms with van der Waals surface area (Å²) in [6.07, 6.45) is 0. The molecule has 0 fully saturated rings. The van der Waals surface area contributed by atoms with Gasteiger partial charge in [0.1, 0.15) is 0 Å². The zero-order valence-corrected chi connectivity index (χ0v) is 11.8. The predicted octanol–water partition coefficient (Wildman–Crippen LogP) is 4.53. The van der Waals surface area contributed by atoms with E-state index in [4.69, 9.17) is 0 Å². The molecule has 0 bridgehead atoms. The molecule has 3 aromatic carbocycles. The monoisotopic (exact) mass is 274 g/mol.